The van der Waals surface area contributed by atoms with Gasteiger partial charge in [0, 0.05) is 13.3 Å². The molecule has 12 heavy (non-hydrogen) atoms. The minimum absolute atomic E-state index is 0.630. The van der Waals surface area contributed by atoms with Crippen LogP contribution in [-0.2, 0) is 16.0 Å². The summed E-state index contributed by atoms with van der Waals surface area (Å²) in [6.45, 7) is 2.65. The van der Waals surface area contributed by atoms with Crippen LogP contribution in [0, 0.1) is 0 Å². The smallest absolute Gasteiger partial charge is 0.0701 e. The van der Waals surface area contributed by atoms with Gasteiger partial charge < -0.3 is 9.47 Å². The van der Waals surface area contributed by atoms with Crippen LogP contribution in [0.4, 0.5) is 0 Å². The molecule has 0 atom stereocenters. The Balaban J connectivity index is 1.96. The second-order valence-electron chi connectivity index (χ2n) is 2.27. The Kier molecular flexibility index (Phi) is 4.33. The number of aromatic nitrogens is 3. The Labute approximate surface area is 71.3 Å². The molecular weight excluding hydrogens is 158 g/mol. The number of hydrogen-bond donors (Lipinski definition) is 0. The molecule has 1 aromatic rings. The standard InChI is InChI=1S/C7H13N3O2/c1-11-6-7-12-5-4-10-3-2-8-9-10/h2-3H,4-7H2,1H3. The van der Waals surface area contributed by atoms with E-state index in [-0.39, 0.29) is 0 Å². The van der Waals surface area contributed by atoms with Gasteiger partial charge in [-0.05, 0) is 0 Å². The monoisotopic (exact) mass is 171 g/mol. The molecule has 1 rings (SSSR count). The Morgan fingerprint density at radius 2 is 2.25 bits per heavy atom. The third kappa shape index (κ3) is 3.45. The Hall–Kier alpha value is -0.940. The highest BCUT2D eigenvalue weighted by atomic mass is 16.5. The van der Waals surface area contributed by atoms with Gasteiger partial charge in [0.15, 0.2) is 0 Å². The first kappa shape index (κ1) is 9.15. The summed E-state index contributed by atoms with van der Waals surface area (Å²) in [5.41, 5.74) is 0. The Bertz CT molecular complexity index is 189. The zero-order chi connectivity index (χ0) is 8.65. The highest BCUT2D eigenvalue weighted by Crippen LogP contribution is 1.82. The molecule has 0 bridgehead atoms. The topological polar surface area (TPSA) is 49.2 Å². The van der Waals surface area contributed by atoms with Crippen LogP contribution in [0.25, 0.3) is 0 Å². The molecule has 0 saturated carbocycles. The summed E-state index contributed by atoms with van der Waals surface area (Å²) in [4.78, 5) is 0. The van der Waals surface area contributed by atoms with E-state index in [1.807, 2.05) is 0 Å². The summed E-state index contributed by atoms with van der Waals surface area (Å²) < 4.78 is 11.8. The van der Waals surface area contributed by atoms with Crippen LogP contribution >= 0.6 is 0 Å². The molecular formula is C7H13N3O2. The molecule has 0 N–H and O–H groups in total. The van der Waals surface area contributed by atoms with Gasteiger partial charge in [0.1, 0.15) is 0 Å². The second kappa shape index (κ2) is 5.68. The summed E-state index contributed by atoms with van der Waals surface area (Å²) in [5, 5.41) is 7.46. The van der Waals surface area contributed by atoms with Crippen LogP contribution in [0.3, 0.4) is 0 Å². The van der Waals surface area contributed by atoms with E-state index >= 15 is 0 Å². The lowest BCUT2D eigenvalue weighted by Gasteiger charge is -2.02. The fourth-order valence-electron chi connectivity index (χ4n) is 0.754. The lowest BCUT2D eigenvalue weighted by atomic mass is 10.6. The van der Waals surface area contributed by atoms with E-state index in [1.54, 1.807) is 24.2 Å². The molecule has 0 unspecified atom stereocenters. The number of rotatable bonds is 6. The predicted octanol–water partition coefficient (Wildman–Crippen LogP) is -0.0589. The van der Waals surface area contributed by atoms with Crippen molar-refractivity contribution in [2.24, 2.45) is 0 Å². The van der Waals surface area contributed by atoms with Crippen molar-refractivity contribution in [2.75, 3.05) is 26.9 Å². The van der Waals surface area contributed by atoms with E-state index in [2.05, 4.69) is 10.3 Å². The van der Waals surface area contributed by atoms with Gasteiger partial charge in [-0.1, -0.05) is 5.21 Å². The molecule has 68 valence electrons. The first-order chi connectivity index (χ1) is 5.93. The maximum absolute atomic E-state index is 5.23. The molecule has 0 radical (unpaired) electrons. The van der Waals surface area contributed by atoms with Gasteiger partial charge >= 0.3 is 0 Å². The fourth-order valence-corrected chi connectivity index (χ4v) is 0.754. The van der Waals surface area contributed by atoms with Crippen molar-refractivity contribution in [3.05, 3.63) is 12.4 Å². The molecule has 1 heterocycles. The molecule has 0 fully saturated rings. The molecule has 0 saturated heterocycles. The number of methoxy groups -OCH3 is 1. The van der Waals surface area contributed by atoms with Crippen molar-refractivity contribution in [3.63, 3.8) is 0 Å². The molecule has 1 aromatic heterocycles. The third-order valence-corrected chi connectivity index (χ3v) is 1.37. The number of nitrogens with zero attached hydrogens (tertiary/aromatic N) is 3. The third-order valence-electron chi connectivity index (χ3n) is 1.37. The number of ether oxygens (including phenoxy) is 2. The quantitative estimate of drug-likeness (QED) is 0.563. The van der Waals surface area contributed by atoms with E-state index in [1.165, 1.54) is 0 Å². The van der Waals surface area contributed by atoms with Gasteiger partial charge in [-0.15, -0.1) is 5.10 Å². The maximum Gasteiger partial charge on any atom is 0.0701 e. The molecule has 5 heteroatoms. The van der Waals surface area contributed by atoms with E-state index in [4.69, 9.17) is 9.47 Å². The first-order valence-corrected chi connectivity index (χ1v) is 3.84. The normalized spacial score (nSPS) is 10.4. The molecule has 0 spiro atoms. The minimum atomic E-state index is 0.630. The van der Waals surface area contributed by atoms with Gasteiger partial charge in [0.25, 0.3) is 0 Å². The van der Waals surface area contributed by atoms with Crippen LogP contribution in [0.2, 0.25) is 0 Å². The lowest BCUT2D eigenvalue weighted by molar-refractivity contribution is 0.0652. The summed E-state index contributed by atoms with van der Waals surface area (Å²) in [6, 6.07) is 0. The van der Waals surface area contributed by atoms with Crippen molar-refractivity contribution in [2.45, 2.75) is 6.54 Å². The highest BCUT2D eigenvalue weighted by Gasteiger charge is 1.90. The fraction of sp³-hybridized carbons (Fsp3) is 0.714. The van der Waals surface area contributed by atoms with Crippen molar-refractivity contribution in [1.29, 1.82) is 0 Å². The van der Waals surface area contributed by atoms with E-state index in [0.717, 1.165) is 6.54 Å². The van der Waals surface area contributed by atoms with Crippen LogP contribution in [-0.4, -0.2) is 41.9 Å². The first-order valence-electron chi connectivity index (χ1n) is 3.84. The van der Waals surface area contributed by atoms with E-state index in [0.29, 0.717) is 19.8 Å². The molecule has 0 aliphatic rings. The van der Waals surface area contributed by atoms with Crippen molar-refractivity contribution >= 4 is 0 Å². The van der Waals surface area contributed by atoms with E-state index in [9.17, 15) is 0 Å². The Morgan fingerprint density at radius 1 is 1.33 bits per heavy atom. The molecule has 0 amide bonds. The zero-order valence-electron chi connectivity index (χ0n) is 7.14. The lowest BCUT2D eigenvalue weighted by Crippen LogP contribution is -2.09. The second-order valence-corrected chi connectivity index (χ2v) is 2.27. The zero-order valence-corrected chi connectivity index (χ0v) is 7.14. The van der Waals surface area contributed by atoms with Gasteiger partial charge in [0.05, 0.1) is 32.6 Å². The largest absolute Gasteiger partial charge is 0.382 e. The van der Waals surface area contributed by atoms with Crippen LogP contribution < -0.4 is 0 Å². The van der Waals surface area contributed by atoms with Crippen LogP contribution in [0.15, 0.2) is 12.4 Å². The number of hydrogen-bond acceptors (Lipinski definition) is 4. The van der Waals surface area contributed by atoms with E-state index < -0.39 is 0 Å². The molecule has 5 nitrogen and oxygen atoms in total. The van der Waals surface area contributed by atoms with Gasteiger partial charge in [-0.2, -0.15) is 0 Å². The molecule has 0 aromatic carbocycles. The van der Waals surface area contributed by atoms with Crippen LogP contribution in [0.5, 0.6) is 0 Å². The SMILES string of the molecule is COCCOCCn1ccnn1. The average Bonchev–Trinajstić information content (AvgIpc) is 2.57. The summed E-state index contributed by atoms with van der Waals surface area (Å²) >= 11 is 0. The van der Waals surface area contributed by atoms with Gasteiger partial charge in [-0.3, -0.25) is 4.68 Å². The highest BCUT2D eigenvalue weighted by molar-refractivity contribution is 4.63. The Morgan fingerprint density at radius 3 is 2.92 bits per heavy atom. The van der Waals surface area contributed by atoms with Gasteiger partial charge in [0.2, 0.25) is 0 Å². The summed E-state index contributed by atoms with van der Waals surface area (Å²) in [6.07, 6.45) is 3.45. The summed E-state index contributed by atoms with van der Waals surface area (Å²) in [7, 11) is 1.65. The van der Waals surface area contributed by atoms with Crippen LogP contribution in [0.1, 0.15) is 0 Å². The van der Waals surface area contributed by atoms with Crippen molar-refractivity contribution in [1.82, 2.24) is 15.0 Å². The molecule has 0 aliphatic carbocycles. The van der Waals surface area contributed by atoms with Gasteiger partial charge in [-0.25, -0.2) is 0 Å². The molecule has 0 aliphatic heterocycles. The average molecular weight is 171 g/mol. The predicted molar refractivity (Wildman–Crippen MR) is 42.7 cm³/mol. The summed E-state index contributed by atoms with van der Waals surface area (Å²) in [5.74, 6) is 0. The van der Waals surface area contributed by atoms with Crippen molar-refractivity contribution in [3.8, 4) is 0 Å². The van der Waals surface area contributed by atoms with Crippen molar-refractivity contribution < 1.29 is 9.47 Å². The maximum atomic E-state index is 5.23. The minimum Gasteiger partial charge on any atom is -0.382 e.